The minimum atomic E-state index is -3.77. The lowest BCUT2D eigenvalue weighted by Crippen LogP contribution is -2.41. The fraction of sp³-hybridized carbons (Fsp3) is 0.444. The first kappa shape index (κ1) is 20.2. The van der Waals surface area contributed by atoms with Crippen LogP contribution in [0.2, 0.25) is 0 Å². The van der Waals surface area contributed by atoms with Gasteiger partial charge in [0.2, 0.25) is 15.9 Å². The van der Waals surface area contributed by atoms with E-state index < -0.39 is 10.0 Å². The molecular weight excluding hydrogens is 386 g/mol. The molecule has 0 unspecified atom stereocenters. The predicted molar refractivity (Wildman–Crippen MR) is 101 cm³/mol. The number of methoxy groups -OCH3 is 2. The third-order valence-electron chi connectivity index (χ3n) is 4.69. The number of amides is 1. The zero-order valence-electron chi connectivity index (χ0n) is 16.0. The van der Waals surface area contributed by atoms with E-state index in [4.69, 9.17) is 14.0 Å². The van der Waals surface area contributed by atoms with Crippen molar-refractivity contribution in [1.82, 2.24) is 9.46 Å². The molecule has 1 aliphatic rings. The number of aryl methyl sites for hydroxylation is 1. The molecule has 0 radical (unpaired) electrons. The first-order valence-corrected chi connectivity index (χ1v) is 10.3. The number of hydrogen-bond acceptors (Lipinski definition) is 7. The lowest BCUT2D eigenvalue weighted by molar-refractivity contribution is -0.120. The Labute approximate surface area is 163 Å². The van der Waals surface area contributed by atoms with E-state index in [1.807, 2.05) is 0 Å². The zero-order valence-corrected chi connectivity index (χ0v) is 16.8. The van der Waals surface area contributed by atoms with Gasteiger partial charge < -0.3 is 19.3 Å². The summed E-state index contributed by atoms with van der Waals surface area (Å²) >= 11 is 0. The van der Waals surface area contributed by atoms with Gasteiger partial charge in [0.05, 0.1) is 14.2 Å². The van der Waals surface area contributed by atoms with E-state index in [1.165, 1.54) is 24.6 Å². The Kier molecular flexibility index (Phi) is 5.90. The lowest BCUT2D eigenvalue weighted by atomic mass is 9.97. The van der Waals surface area contributed by atoms with Crippen molar-refractivity contribution in [3.63, 3.8) is 0 Å². The molecule has 0 aliphatic carbocycles. The van der Waals surface area contributed by atoms with Crippen molar-refractivity contribution in [2.45, 2.75) is 24.7 Å². The third-order valence-corrected chi connectivity index (χ3v) is 6.61. The van der Waals surface area contributed by atoms with Crippen LogP contribution in [0.25, 0.3) is 0 Å². The molecule has 152 valence electrons. The first-order chi connectivity index (χ1) is 13.3. The number of nitrogens with one attached hydrogen (secondary N) is 1. The summed E-state index contributed by atoms with van der Waals surface area (Å²) in [5.41, 5.74) is 0. The van der Waals surface area contributed by atoms with Gasteiger partial charge in [0.25, 0.3) is 0 Å². The number of carbonyl (C=O) groups is 1. The van der Waals surface area contributed by atoms with Crippen LogP contribution in [0.4, 0.5) is 5.82 Å². The highest BCUT2D eigenvalue weighted by Gasteiger charge is 2.34. The Balaban J connectivity index is 1.69. The lowest BCUT2D eigenvalue weighted by Gasteiger charge is -2.30. The average molecular weight is 409 g/mol. The highest BCUT2D eigenvalue weighted by molar-refractivity contribution is 7.89. The van der Waals surface area contributed by atoms with Crippen LogP contribution in [0.15, 0.2) is 33.7 Å². The van der Waals surface area contributed by atoms with Gasteiger partial charge >= 0.3 is 0 Å². The first-order valence-electron chi connectivity index (χ1n) is 8.81. The van der Waals surface area contributed by atoms with Gasteiger partial charge in [-0.1, -0.05) is 5.16 Å². The normalized spacial score (nSPS) is 16.0. The maximum atomic E-state index is 13.1. The number of carbonyl (C=O) groups excluding carboxylic acids is 1. The second-order valence-corrected chi connectivity index (χ2v) is 8.41. The molecule has 1 aromatic heterocycles. The average Bonchev–Trinajstić information content (AvgIpc) is 3.12. The van der Waals surface area contributed by atoms with Gasteiger partial charge in [-0.05, 0) is 31.9 Å². The number of nitrogens with zero attached hydrogens (tertiary/aromatic N) is 2. The highest BCUT2D eigenvalue weighted by Crippen LogP contribution is 2.32. The van der Waals surface area contributed by atoms with Crippen LogP contribution in [0.1, 0.15) is 18.6 Å². The topological polar surface area (TPSA) is 111 Å². The fourth-order valence-corrected chi connectivity index (χ4v) is 4.78. The summed E-state index contributed by atoms with van der Waals surface area (Å²) in [7, 11) is -0.882. The van der Waals surface area contributed by atoms with E-state index in [1.54, 1.807) is 25.1 Å². The summed E-state index contributed by atoms with van der Waals surface area (Å²) in [4.78, 5) is 12.4. The van der Waals surface area contributed by atoms with Crippen LogP contribution in [-0.4, -0.2) is 51.1 Å². The maximum Gasteiger partial charge on any atom is 0.246 e. The third kappa shape index (κ3) is 4.12. The van der Waals surface area contributed by atoms with Crippen molar-refractivity contribution in [2.24, 2.45) is 5.92 Å². The van der Waals surface area contributed by atoms with E-state index in [2.05, 4.69) is 10.5 Å². The monoisotopic (exact) mass is 409 g/mol. The number of anilines is 1. The summed E-state index contributed by atoms with van der Waals surface area (Å²) < 4.78 is 42.8. The van der Waals surface area contributed by atoms with Crippen LogP contribution < -0.4 is 14.8 Å². The Hall–Kier alpha value is -2.59. The molecule has 1 fully saturated rings. The van der Waals surface area contributed by atoms with Crippen LogP contribution in [0, 0.1) is 12.8 Å². The summed E-state index contributed by atoms with van der Waals surface area (Å²) in [6.07, 6.45) is 0.822. The number of piperidine rings is 1. The van der Waals surface area contributed by atoms with Crippen molar-refractivity contribution >= 4 is 21.7 Å². The van der Waals surface area contributed by atoms with Crippen molar-refractivity contribution < 1.29 is 27.2 Å². The molecule has 9 nitrogen and oxygen atoms in total. The quantitative estimate of drug-likeness (QED) is 0.777. The smallest absolute Gasteiger partial charge is 0.246 e. The molecular formula is C18H23N3O6S. The minimum Gasteiger partial charge on any atom is -0.497 e. The SMILES string of the molecule is COc1ccc(OC)c(S(=O)(=O)N2CCC(C(=O)Nc3cc(C)on3)CC2)c1. The molecule has 1 aliphatic heterocycles. The van der Waals surface area contributed by atoms with Gasteiger partial charge in [-0.25, -0.2) is 8.42 Å². The summed E-state index contributed by atoms with van der Waals surface area (Å²) in [6, 6.07) is 6.28. The van der Waals surface area contributed by atoms with E-state index in [0.29, 0.717) is 30.2 Å². The highest BCUT2D eigenvalue weighted by atomic mass is 32.2. The van der Waals surface area contributed by atoms with E-state index in [-0.39, 0.29) is 35.6 Å². The minimum absolute atomic E-state index is 0.0512. The number of benzene rings is 1. The number of ether oxygens (including phenoxy) is 2. The summed E-state index contributed by atoms with van der Waals surface area (Å²) in [5, 5.41) is 6.44. The second-order valence-electron chi connectivity index (χ2n) is 6.51. The number of aromatic nitrogens is 1. The standard InChI is InChI=1S/C18H23N3O6S/c1-12-10-17(20-27-12)19-18(22)13-6-8-21(9-7-13)28(23,24)16-11-14(25-2)4-5-15(16)26-3/h4-5,10-11,13H,6-9H2,1-3H3,(H,19,20,22). The molecule has 28 heavy (non-hydrogen) atoms. The van der Waals surface area contributed by atoms with Crippen molar-refractivity contribution in [2.75, 3.05) is 32.6 Å². The van der Waals surface area contributed by atoms with Crippen LogP contribution >= 0.6 is 0 Å². The predicted octanol–water partition coefficient (Wildman–Crippen LogP) is 2.04. The molecule has 3 rings (SSSR count). The van der Waals surface area contributed by atoms with Gasteiger partial charge in [-0.2, -0.15) is 4.31 Å². The number of rotatable bonds is 6. The molecule has 1 N–H and O–H groups in total. The van der Waals surface area contributed by atoms with E-state index in [0.717, 1.165) is 0 Å². The van der Waals surface area contributed by atoms with Crippen molar-refractivity contribution in [1.29, 1.82) is 0 Å². The number of hydrogen-bond donors (Lipinski definition) is 1. The van der Waals surface area contributed by atoms with E-state index >= 15 is 0 Å². The number of sulfonamides is 1. The Morgan fingerprint density at radius 2 is 1.93 bits per heavy atom. The molecule has 2 heterocycles. The second kappa shape index (κ2) is 8.19. The van der Waals surface area contributed by atoms with Gasteiger partial charge in [0.15, 0.2) is 5.82 Å². The Bertz CT molecular complexity index is 948. The Morgan fingerprint density at radius 1 is 1.21 bits per heavy atom. The van der Waals surface area contributed by atoms with Crippen molar-refractivity contribution in [3.05, 3.63) is 30.0 Å². The van der Waals surface area contributed by atoms with Gasteiger partial charge in [-0.15, -0.1) is 0 Å². The summed E-state index contributed by atoms with van der Waals surface area (Å²) in [6.45, 7) is 2.20. The summed E-state index contributed by atoms with van der Waals surface area (Å²) in [5.74, 6) is 1.15. The molecule has 0 saturated carbocycles. The molecule has 10 heteroatoms. The maximum absolute atomic E-state index is 13.1. The molecule has 1 aromatic carbocycles. The van der Waals surface area contributed by atoms with Crippen molar-refractivity contribution in [3.8, 4) is 11.5 Å². The molecule has 2 aromatic rings. The van der Waals surface area contributed by atoms with E-state index in [9.17, 15) is 13.2 Å². The molecule has 0 atom stereocenters. The molecule has 1 amide bonds. The molecule has 0 bridgehead atoms. The van der Waals surface area contributed by atoms with Gasteiger partial charge in [-0.3, -0.25) is 4.79 Å². The fourth-order valence-electron chi connectivity index (χ4n) is 3.14. The molecule has 1 saturated heterocycles. The van der Waals surface area contributed by atoms with Gasteiger partial charge in [0, 0.05) is 31.1 Å². The van der Waals surface area contributed by atoms with Crippen LogP contribution in [0.3, 0.4) is 0 Å². The van der Waals surface area contributed by atoms with Gasteiger partial charge in [0.1, 0.15) is 22.2 Å². The Morgan fingerprint density at radius 3 is 2.50 bits per heavy atom. The zero-order chi connectivity index (χ0) is 20.3. The molecule has 0 spiro atoms. The largest absolute Gasteiger partial charge is 0.497 e. The van der Waals surface area contributed by atoms with Crippen LogP contribution in [0.5, 0.6) is 11.5 Å². The van der Waals surface area contributed by atoms with Crippen LogP contribution in [-0.2, 0) is 14.8 Å².